The van der Waals surface area contributed by atoms with E-state index in [2.05, 4.69) is 48.3 Å². The third-order valence-electron chi connectivity index (χ3n) is 4.43. The molecular weight excluding hydrogens is 282 g/mol. The Kier molecular flexibility index (Phi) is 6.34. The standard InChI is InChI=1S/C17H28ClN3/c1-4-19-12-15-16(18)6-5-7-17(15)21(3)13-14-8-10-20(2)11-9-14/h5-7,14,19H,4,8-13H2,1-3H3. The summed E-state index contributed by atoms with van der Waals surface area (Å²) in [7, 11) is 4.41. The topological polar surface area (TPSA) is 18.5 Å². The number of rotatable bonds is 6. The van der Waals surface area contributed by atoms with Gasteiger partial charge in [0.25, 0.3) is 0 Å². The normalized spacial score (nSPS) is 17.1. The van der Waals surface area contributed by atoms with Gasteiger partial charge in [-0.3, -0.25) is 0 Å². The molecule has 1 N–H and O–H groups in total. The zero-order chi connectivity index (χ0) is 15.2. The molecule has 118 valence electrons. The van der Waals surface area contributed by atoms with Crippen LogP contribution >= 0.6 is 11.6 Å². The van der Waals surface area contributed by atoms with Gasteiger partial charge in [-0.25, -0.2) is 0 Å². The zero-order valence-corrected chi connectivity index (χ0v) is 14.3. The fourth-order valence-corrected chi connectivity index (χ4v) is 3.30. The van der Waals surface area contributed by atoms with Crippen LogP contribution in [-0.4, -0.2) is 45.2 Å². The largest absolute Gasteiger partial charge is 0.374 e. The van der Waals surface area contributed by atoms with Gasteiger partial charge in [0.1, 0.15) is 0 Å². The van der Waals surface area contributed by atoms with Gasteiger partial charge >= 0.3 is 0 Å². The van der Waals surface area contributed by atoms with Crippen LogP contribution in [0.4, 0.5) is 5.69 Å². The Balaban J connectivity index is 2.04. The lowest BCUT2D eigenvalue weighted by Gasteiger charge is -2.33. The molecule has 0 unspecified atom stereocenters. The van der Waals surface area contributed by atoms with E-state index in [-0.39, 0.29) is 0 Å². The SMILES string of the molecule is CCNCc1c(Cl)cccc1N(C)CC1CCN(C)CC1. The third-order valence-corrected chi connectivity index (χ3v) is 4.78. The van der Waals surface area contributed by atoms with E-state index >= 15 is 0 Å². The number of likely N-dealkylation sites (tertiary alicyclic amines) is 1. The van der Waals surface area contributed by atoms with Crippen LogP contribution < -0.4 is 10.2 Å². The minimum atomic E-state index is 0.789. The summed E-state index contributed by atoms with van der Waals surface area (Å²) in [4.78, 5) is 4.81. The average molecular weight is 310 g/mol. The van der Waals surface area contributed by atoms with Crippen molar-refractivity contribution in [2.75, 3.05) is 45.2 Å². The predicted molar refractivity (Wildman–Crippen MR) is 92.3 cm³/mol. The highest BCUT2D eigenvalue weighted by Gasteiger charge is 2.19. The number of hydrogen-bond donors (Lipinski definition) is 1. The molecule has 2 rings (SSSR count). The molecule has 1 saturated heterocycles. The van der Waals surface area contributed by atoms with Gasteiger partial charge in [0.15, 0.2) is 0 Å². The third kappa shape index (κ3) is 4.60. The van der Waals surface area contributed by atoms with E-state index in [1.807, 2.05) is 6.07 Å². The van der Waals surface area contributed by atoms with E-state index < -0.39 is 0 Å². The number of hydrogen-bond acceptors (Lipinski definition) is 3. The summed E-state index contributed by atoms with van der Waals surface area (Å²) in [5.41, 5.74) is 2.49. The van der Waals surface area contributed by atoms with Crippen LogP contribution in [-0.2, 0) is 6.54 Å². The molecule has 1 heterocycles. The molecule has 1 aliphatic heterocycles. The fourth-order valence-electron chi connectivity index (χ4n) is 3.06. The first-order valence-electron chi connectivity index (χ1n) is 7.99. The second-order valence-corrected chi connectivity index (χ2v) is 6.55. The van der Waals surface area contributed by atoms with E-state index in [1.165, 1.54) is 37.2 Å². The van der Waals surface area contributed by atoms with Crippen LogP contribution in [0.3, 0.4) is 0 Å². The van der Waals surface area contributed by atoms with E-state index in [0.29, 0.717) is 0 Å². The molecule has 1 fully saturated rings. The van der Waals surface area contributed by atoms with Crippen LogP contribution in [0.1, 0.15) is 25.3 Å². The molecule has 1 aromatic carbocycles. The molecule has 0 saturated carbocycles. The minimum absolute atomic E-state index is 0.789. The molecule has 0 amide bonds. The number of nitrogens with one attached hydrogen (secondary N) is 1. The van der Waals surface area contributed by atoms with Crippen LogP contribution in [0.15, 0.2) is 18.2 Å². The van der Waals surface area contributed by atoms with Gasteiger partial charge in [0, 0.05) is 36.4 Å². The Hall–Kier alpha value is -0.770. The van der Waals surface area contributed by atoms with Crippen molar-refractivity contribution in [1.82, 2.24) is 10.2 Å². The molecule has 21 heavy (non-hydrogen) atoms. The van der Waals surface area contributed by atoms with E-state index in [9.17, 15) is 0 Å². The van der Waals surface area contributed by atoms with E-state index in [4.69, 9.17) is 11.6 Å². The molecule has 0 atom stereocenters. The van der Waals surface area contributed by atoms with Crippen molar-refractivity contribution in [3.63, 3.8) is 0 Å². The lowest BCUT2D eigenvalue weighted by Crippen LogP contribution is -2.36. The minimum Gasteiger partial charge on any atom is -0.374 e. The highest BCUT2D eigenvalue weighted by atomic mass is 35.5. The van der Waals surface area contributed by atoms with Gasteiger partial charge in [0.05, 0.1) is 0 Å². The first-order chi connectivity index (χ1) is 10.1. The summed E-state index contributed by atoms with van der Waals surface area (Å²) in [6.45, 7) is 7.48. The molecule has 3 nitrogen and oxygen atoms in total. The first-order valence-corrected chi connectivity index (χ1v) is 8.37. The molecule has 0 aliphatic carbocycles. The van der Waals surface area contributed by atoms with Gasteiger partial charge in [-0.15, -0.1) is 0 Å². The van der Waals surface area contributed by atoms with Gasteiger partial charge in [-0.05, 0) is 57.6 Å². The van der Waals surface area contributed by atoms with Crippen molar-refractivity contribution < 1.29 is 0 Å². The molecule has 1 aliphatic rings. The second kappa shape index (κ2) is 8.02. The highest BCUT2D eigenvalue weighted by molar-refractivity contribution is 6.31. The quantitative estimate of drug-likeness (QED) is 0.870. The Labute approximate surface area is 134 Å². The Bertz CT molecular complexity index is 442. The lowest BCUT2D eigenvalue weighted by molar-refractivity contribution is 0.222. The maximum Gasteiger partial charge on any atom is 0.0471 e. The van der Waals surface area contributed by atoms with Crippen molar-refractivity contribution in [3.05, 3.63) is 28.8 Å². The lowest BCUT2D eigenvalue weighted by atomic mass is 9.96. The summed E-state index contributed by atoms with van der Waals surface area (Å²) >= 11 is 6.40. The van der Waals surface area contributed by atoms with Crippen LogP contribution in [0.2, 0.25) is 5.02 Å². The highest BCUT2D eigenvalue weighted by Crippen LogP contribution is 2.28. The molecule has 0 spiro atoms. The van der Waals surface area contributed by atoms with Crippen molar-refractivity contribution >= 4 is 17.3 Å². The van der Waals surface area contributed by atoms with Gasteiger partial charge in [-0.1, -0.05) is 24.6 Å². The number of halogens is 1. The van der Waals surface area contributed by atoms with Crippen molar-refractivity contribution in [3.8, 4) is 0 Å². The molecule has 0 radical (unpaired) electrons. The summed E-state index contributed by atoms with van der Waals surface area (Å²) in [5.74, 6) is 0.789. The number of piperidine rings is 1. The smallest absolute Gasteiger partial charge is 0.0471 e. The molecular formula is C17H28ClN3. The van der Waals surface area contributed by atoms with Crippen LogP contribution in [0, 0.1) is 5.92 Å². The number of anilines is 1. The molecule has 0 bridgehead atoms. The average Bonchev–Trinajstić information content (AvgIpc) is 2.48. The van der Waals surface area contributed by atoms with Crippen molar-refractivity contribution in [1.29, 1.82) is 0 Å². The molecule has 4 heteroatoms. The van der Waals surface area contributed by atoms with Crippen molar-refractivity contribution in [2.24, 2.45) is 5.92 Å². The number of nitrogens with zero attached hydrogens (tertiary/aromatic N) is 2. The van der Waals surface area contributed by atoms with Gasteiger partial charge in [0.2, 0.25) is 0 Å². The Morgan fingerprint density at radius 3 is 2.71 bits per heavy atom. The Morgan fingerprint density at radius 1 is 1.33 bits per heavy atom. The summed E-state index contributed by atoms with van der Waals surface area (Å²) in [5, 5.41) is 4.26. The van der Waals surface area contributed by atoms with Gasteiger partial charge in [-0.2, -0.15) is 0 Å². The molecule has 0 aromatic heterocycles. The zero-order valence-electron chi connectivity index (χ0n) is 13.5. The first kappa shape index (κ1) is 16.6. The van der Waals surface area contributed by atoms with E-state index in [0.717, 1.165) is 30.6 Å². The summed E-state index contributed by atoms with van der Waals surface area (Å²) in [6, 6.07) is 6.23. The fraction of sp³-hybridized carbons (Fsp3) is 0.647. The molecule has 1 aromatic rings. The van der Waals surface area contributed by atoms with Gasteiger partial charge < -0.3 is 15.1 Å². The maximum absolute atomic E-state index is 6.40. The summed E-state index contributed by atoms with van der Waals surface area (Å²) in [6.07, 6.45) is 2.59. The second-order valence-electron chi connectivity index (χ2n) is 6.15. The summed E-state index contributed by atoms with van der Waals surface area (Å²) < 4.78 is 0. The monoisotopic (exact) mass is 309 g/mol. The Morgan fingerprint density at radius 2 is 2.05 bits per heavy atom. The van der Waals surface area contributed by atoms with Crippen LogP contribution in [0.5, 0.6) is 0 Å². The van der Waals surface area contributed by atoms with Crippen LogP contribution in [0.25, 0.3) is 0 Å². The van der Waals surface area contributed by atoms with E-state index in [1.54, 1.807) is 0 Å². The van der Waals surface area contributed by atoms with Crippen molar-refractivity contribution in [2.45, 2.75) is 26.3 Å². The predicted octanol–water partition coefficient (Wildman–Crippen LogP) is 3.23. The maximum atomic E-state index is 6.40. The number of benzene rings is 1.